The molecule has 0 heterocycles. The maximum atomic E-state index is 12.5. The lowest BCUT2D eigenvalue weighted by Crippen LogP contribution is -2.43. The van der Waals surface area contributed by atoms with Crippen LogP contribution in [0.4, 0.5) is 10.5 Å². The van der Waals surface area contributed by atoms with E-state index in [0.29, 0.717) is 11.5 Å². The van der Waals surface area contributed by atoms with Gasteiger partial charge in [-0.05, 0) is 62.6 Å². The molecule has 0 saturated heterocycles. The van der Waals surface area contributed by atoms with E-state index in [4.69, 9.17) is 9.47 Å². The molecule has 25 heavy (non-hydrogen) atoms. The second-order valence-electron chi connectivity index (χ2n) is 6.52. The number of methoxy groups -OCH3 is 2. The number of benzene rings is 2. The lowest BCUT2D eigenvalue weighted by atomic mass is 9.94. The molecule has 2 aromatic carbocycles. The van der Waals surface area contributed by atoms with Crippen LogP contribution in [0.2, 0.25) is 0 Å². The zero-order valence-electron chi connectivity index (χ0n) is 15.7. The van der Waals surface area contributed by atoms with Crippen molar-refractivity contribution in [2.24, 2.45) is 0 Å². The number of carbonyl (C=O) groups is 1. The minimum atomic E-state index is -0.582. The van der Waals surface area contributed by atoms with Crippen molar-refractivity contribution in [1.82, 2.24) is 5.32 Å². The van der Waals surface area contributed by atoms with Gasteiger partial charge in [0.25, 0.3) is 0 Å². The third-order valence-electron chi connectivity index (χ3n) is 4.38. The molecule has 0 unspecified atom stereocenters. The molecule has 2 aromatic rings. The summed E-state index contributed by atoms with van der Waals surface area (Å²) in [5, 5.41) is 5.93. The first kappa shape index (κ1) is 18.6. The van der Waals surface area contributed by atoms with Gasteiger partial charge in [-0.15, -0.1) is 0 Å². The monoisotopic (exact) mass is 342 g/mol. The van der Waals surface area contributed by atoms with Crippen LogP contribution in [0.3, 0.4) is 0 Å². The molecule has 2 rings (SSSR count). The fraction of sp³-hybridized carbons (Fsp3) is 0.350. The minimum absolute atomic E-state index is 0.256. The molecule has 134 valence electrons. The number of anilines is 1. The maximum absolute atomic E-state index is 12.5. The molecule has 0 aliphatic heterocycles. The smallest absolute Gasteiger partial charge is 0.319 e. The van der Waals surface area contributed by atoms with Gasteiger partial charge in [-0.1, -0.05) is 18.2 Å². The van der Waals surface area contributed by atoms with E-state index in [1.807, 2.05) is 64.1 Å². The van der Waals surface area contributed by atoms with Gasteiger partial charge in [0.05, 0.1) is 19.8 Å². The van der Waals surface area contributed by atoms with Crippen LogP contribution in [0, 0.1) is 13.8 Å². The molecule has 2 amide bonds. The Labute approximate surface area is 149 Å². The summed E-state index contributed by atoms with van der Waals surface area (Å²) in [7, 11) is 3.19. The van der Waals surface area contributed by atoms with Crippen molar-refractivity contribution in [1.29, 1.82) is 0 Å². The Kier molecular flexibility index (Phi) is 5.57. The van der Waals surface area contributed by atoms with Gasteiger partial charge >= 0.3 is 6.03 Å². The van der Waals surface area contributed by atoms with Crippen molar-refractivity contribution in [3.63, 3.8) is 0 Å². The van der Waals surface area contributed by atoms with Crippen LogP contribution in [0.5, 0.6) is 11.5 Å². The zero-order valence-corrected chi connectivity index (χ0v) is 15.7. The summed E-state index contributed by atoms with van der Waals surface area (Å²) in [4.78, 5) is 12.5. The molecule has 0 aromatic heterocycles. The van der Waals surface area contributed by atoms with Crippen LogP contribution in [-0.2, 0) is 5.54 Å². The molecule has 5 nitrogen and oxygen atoms in total. The van der Waals surface area contributed by atoms with Crippen molar-refractivity contribution in [2.75, 3.05) is 19.5 Å². The predicted octanol–water partition coefficient (Wildman–Crippen LogP) is 4.38. The summed E-state index contributed by atoms with van der Waals surface area (Å²) in [6.45, 7) is 7.89. The summed E-state index contributed by atoms with van der Waals surface area (Å²) in [5.41, 5.74) is 3.34. The van der Waals surface area contributed by atoms with Gasteiger partial charge in [0.1, 0.15) is 0 Å². The van der Waals surface area contributed by atoms with Gasteiger partial charge in [0, 0.05) is 5.69 Å². The molecular weight excluding hydrogens is 316 g/mol. The fourth-order valence-electron chi connectivity index (χ4n) is 2.62. The zero-order chi connectivity index (χ0) is 18.6. The molecule has 5 heteroatoms. The van der Waals surface area contributed by atoms with E-state index in [2.05, 4.69) is 10.6 Å². The van der Waals surface area contributed by atoms with E-state index < -0.39 is 5.54 Å². The Hall–Kier alpha value is -2.69. The maximum Gasteiger partial charge on any atom is 0.319 e. The highest BCUT2D eigenvalue weighted by Gasteiger charge is 2.24. The lowest BCUT2D eigenvalue weighted by Gasteiger charge is -2.28. The molecule has 0 bridgehead atoms. The number of rotatable bonds is 5. The van der Waals surface area contributed by atoms with Gasteiger partial charge in [-0.25, -0.2) is 4.79 Å². The highest BCUT2D eigenvalue weighted by Crippen LogP contribution is 2.32. The van der Waals surface area contributed by atoms with Crippen LogP contribution in [0.25, 0.3) is 0 Å². The SMILES string of the molecule is COc1ccc(C(C)(C)NC(=O)Nc2cccc(C)c2C)cc1OC. The van der Waals surface area contributed by atoms with Gasteiger partial charge in [-0.3, -0.25) is 0 Å². The molecule has 0 fully saturated rings. The summed E-state index contributed by atoms with van der Waals surface area (Å²) >= 11 is 0. The summed E-state index contributed by atoms with van der Waals surface area (Å²) in [5.74, 6) is 1.28. The highest BCUT2D eigenvalue weighted by molar-refractivity contribution is 5.90. The van der Waals surface area contributed by atoms with Gasteiger partial charge in [-0.2, -0.15) is 0 Å². The van der Waals surface area contributed by atoms with Crippen LogP contribution in [-0.4, -0.2) is 20.3 Å². The first-order chi connectivity index (χ1) is 11.8. The summed E-state index contributed by atoms with van der Waals surface area (Å²) in [6.07, 6.45) is 0. The molecule has 0 aliphatic rings. The number of hydrogen-bond donors (Lipinski definition) is 2. The predicted molar refractivity (Wildman–Crippen MR) is 101 cm³/mol. The summed E-state index contributed by atoms with van der Waals surface area (Å²) in [6, 6.07) is 11.2. The Bertz CT molecular complexity index is 770. The molecule has 0 spiro atoms. The topological polar surface area (TPSA) is 59.6 Å². The van der Waals surface area contributed by atoms with Gasteiger partial charge in [0.15, 0.2) is 11.5 Å². The minimum Gasteiger partial charge on any atom is -0.493 e. The van der Waals surface area contributed by atoms with Crippen LogP contribution in [0.1, 0.15) is 30.5 Å². The number of urea groups is 1. The average Bonchev–Trinajstić information content (AvgIpc) is 2.57. The highest BCUT2D eigenvalue weighted by atomic mass is 16.5. The number of nitrogens with one attached hydrogen (secondary N) is 2. The van der Waals surface area contributed by atoms with Crippen molar-refractivity contribution >= 4 is 11.7 Å². The Morgan fingerprint density at radius 1 is 1.00 bits per heavy atom. The van der Waals surface area contributed by atoms with Gasteiger partial charge < -0.3 is 20.1 Å². The number of hydrogen-bond acceptors (Lipinski definition) is 3. The van der Waals surface area contributed by atoms with E-state index >= 15 is 0 Å². The van der Waals surface area contributed by atoms with E-state index in [9.17, 15) is 4.79 Å². The number of ether oxygens (including phenoxy) is 2. The Morgan fingerprint density at radius 2 is 1.68 bits per heavy atom. The summed E-state index contributed by atoms with van der Waals surface area (Å²) < 4.78 is 10.6. The molecule has 0 radical (unpaired) electrons. The first-order valence-electron chi connectivity index (χ1n) is 8.16. The van der Waals surface area contributed by atoms with Crippen LogP contribution in [0.15, 0.2) is 36.4 Å². The van der Waals surface area contributed by atoms with E-state index in [-0.39, 0.29) is 6.03 Å². The number of amides is 2. The average molecular weight is 342 g/mol. The third kappa shape index (κ3) is 4.24. The van der Waals surface area contributed by atoms with E-state index in [1.165, 1.54) is 0 Å². The van der Waals surface area contributed by atoms with Gasteiger partial charge in [0.2, 0.25) is 0 Å². The van der Waals surface area contributed by atoms with E-state index in [0.717, 1.165) is 22.4 Å². The van der Waals surface area contributed by atoms with Crippen molar-refractivity contribution in [2.45, 2.75) is 33.2 Å². The standard InChI is InChI=1S/C20H26N2O3/c1-13-8-7-9-16(14(13)2)21-19(23)22-20(3,4)15-10-11-17(24-5)18(12-15)25-6/h7-12H,1-6H3,(H2,21,22,23). The van der Waals surface area contributed by atoms with Crippen LogP contribution >= 0.6 is 0 Å². The van der Waals surface area contributed by atoms with Crippen molar-refractivity contribution < 1.29 is 14.3 Å². The quantitative estimate of drug-likeness (QED) is 0.848. The lowest BCUT2D eigenvalue weighted by molar-refractivity contribution is 0.241. The van der Waals surface area contributed by atoms with Crippen molar-refractivity contribution in [3.05, 3.63) is 53.1 Å². The number of aryl methyl sites for hydroxylation is 1. The normalized spacial score (nSPS) is 11.0. The van der Waals surface area contributed by atoms with Crippen LogP contribution < -0.4 is 20.1 Å². The van der Waals surface area contributed by atoms with E-state index in [1.54, 1.807) is 14.2 Å². The largest absolute Gasteiger partial charge is 0.493 e. The fourth-order valence-corrected chi connectivity index (χ4v) is 2.62. The van der Waals surface area contributed by atoms with Crippen molar-refractivity contribution in [3.8, 4) is 11.5 Å². The second-order valence-corrected chi connectivity index (χ2v) is 6.52. The molecular formula is C20H26N2O3. The molecule has 0 aliphatic carbocycles. The second kappa shape index (κ2) is 7.47. The number of carbonyl (C=O) groups excluding carboxylic acids is 1. The molecule has 2 N–H and O–H groups in total. The Balaban J connectivity index is 2.17. The first-order valence-corrected chi connectivity index (χ1v) is 8.16. The molecule has 0 saturated carbocycles. The third-order valence-corrected chi connectivity index (χ3v) is 4.38. The Morgan fingerprint density at radius 3 is 2.32 bits per heavy atom. The molecule has 0 atom stereocenters.